The van der Waals surface area contributed by atoms with E-state index in [4.69, 9.17) is 0 Å². The van der Waals surface area contributed by atoms with E-state index in [2.05, 4.69) is 43.8 Å². The summed E-state index contributed by atoms with van der Waals surface area (Å²) in [6.45, 7) is 4.99. The van der Waals surface area contributed by atoms with Gasteiger partial charge in [-0.2, -0.15) is 0 Å². The van der Waals surface area contributed by atoms with Crippen LogP contribution in [-0.2, 0) is 0 Å². The molecule has 1 saturated heterocycles. The molecule has 70 valence electrons. The van der Waals surface area contributed by atoms with Crippen LogP contribution in [0.25, 0.3) is 0 Å². The van der Waals surface area contributed by atoms with E-state index in [1.165, 1.54) is 6.42 Å². The van der Waals surface area contributed by atoms with Gasteiger partial charge in [0.25, 0.3) is 0 Å². The van der Waals surface area contributed by atoms with Crippen molar-refractivity contribution in [1.29, 1.82) is 0 Å². The molecular formula is C12H18Si. The fourth-order valence-corrected chi connectivity index (χ4v) is 5.64. The molecule has 1 aliphatic heterocycles. The van der Waals surface area contributed by atoms with Crippen molar-refractivity contribution in [1.82, 2.24) is 0 Å². The van der Waals surface area contributed by atoms with Gasteiger partial charge in [-0.15, -0.1) is 0 Å². The van der Waals surface area contributed by atoms with Crippen LogP contribution in [0.4, 0.5) is 0 Å². The standard InChI is InChI=1S/C12H18Si/c1-11(13(2)9-6-10-13)12-7-4-3-5-8-12/h3-5,7-8,11H,6,9-10H2,1-2H3. The van der Waals surface area contributed by atoms with Crippen LogP contribution in [0.3, 0.4) is 0 Å². The summed E-state index contributed by atoms with van der Waals surface area (Å²) in [6, 6.07) is 14.1. The average Bonchev–Trinajstić information content (AvgIpc) is 2.14. The molecule has 0 aromatic heterocycles. The maximum atomic E-state index is 2.56. The van der Waals surface area contributed by atoms with E-state index in [9.17, 15) is 0 Å². The summed E-state index contributed by atoms with van der Waals surface area (Å²) in [7, 11) is -0.841. The fraction of sp³-hybridized carbons (Fsp3) is 0.500. The van der Waals surface area contributed by atoms with Crippen LogP contribution in [0.15, 0.2) is 30.3 Å². The van der Waals surface area contributed by atoms with Gasteiger partial charge in [0.2, 0.25) is 0 Å². The van der Waals surface area contributed by atoms with Gasteiger partial charge in [-0.05, 0) is 11.1 Å². The Morgan fingerprint density at radius 3 is 2.23 bits per heavy atom. The zero-order chi connectivity index (χ0) is 9.31. The molecule has 0 bridgehead atoms. The van der Waals surface area contributed by atoms with Crippen LogP contribution in [0.5, 0.6) is 0 Å². The Labute approximate surface area is 82.0 Å². The maximum absolute atomic E-state index is 2.56. The van der Waals surface area contributed by atoms with Crippen LogP contribution >= 0.6 is 0 Å². The molecule has 1 heteroatoms. The van der Waals surface area contributed by atoms with Gasteiger partial charge >= 0.3 is 0 Å². The molecule has 1 fully saturated rings. The molecule has 1 aliphatic rings. The topological polar surface area (TPSA) is 0 Å². The van der Waals surface area contributed by atoms with Gasteiger partial charge in [-0.1, -0.05) is 62.3 Å². The lowest BCUT2D eigenvalue weighted by Gasteiger charge is -2.41. The van der Waals surface area contributed by atoms with Gasteiger partial charge < -0.3 is 0 Å². The van der Waals surface area contributed by atoms with Crippen LogP contribution in [-0.4, -0.2) is 8.07 Å². The molecule has 1 aromatic rings. The largest absolute Gasteiger partial charge is 0.0687 e. The minimum Gasteiger partial charge on any atom is -0.0687 e. The Morgan fingerprint density at radius 1 is 1.15 bits per heavy atom. The van der Waals surface area contributed by atoms with Crippen molar-refractivity contribution in [2.45, 2.75) is 37.5 Å². The molecule has 0 aliphatic carbocycles. The molecule has 1 unspecified atom stereocenters. The summed E-state index contributed by atoms with van der Waals surface area (Å²) < 4.78 is 0. The highest BCUT2D eigenvalue weighted by atomic mass is 28.3. The van der Waals surface area contributed by atoms with Crippen LogP contribution in [0.2, 0.25) is 18.6 Å². The van der Waals surface area contributed by atoms with Gasteiger partial charge in [0, 0.05) is 0 Å². The fourth-order valence-electron chi connectivity index (χ4n) is 2.31. The molecule has 1 atom stereocenters. The van der Waals surface area contributed by atoms with Crippen molar-refractivity contribution >= 4 is 8.07 Å². The average molecular weight is 190 g/mol. The number of rotatable bonds is 2. The first-order valence-corrected chi connectivity index (χ1v) is 8.26. The minimum absolute atomic E-state index is 0.841. The quantitative estimate of drug-likeness (QED) is 0.622. The minimum atomic E-state index is -0.841. The van der Waals surface area contributed by atoms with E-state index in [0.29, 0.717) is 0 Å². The molecule has 2 rings (SSSR count). The normalized spacial score (nSPS) is 22.0. The van der Waals surface area contributed by atoms with E-state index in [0.717, 1.165) is 5.54 Å². The summed E-state index contributed by atoms with van der Waals surface area (Å²) >= 11 is 0. The van der Waals surface area contributed by atoms with E-state index in [-0.39, 0.29) is 0 Å². The van der Waals surface area contributed by atoms with Crippen molar-refractivity contribution in [2.75, 3.05) is 0 Å². The first-order valence-electron chi connectivity index (χ1n) is 5.27. The monoisotopic (exact) mass is 190 g/mol. The van der Waals surface area contributed by atoms with E-state index in [1.54, 1.807) is 17.7 Å². The van der Waals surface area contributed by atoms with Gasteiger partial charge in [-0.25, -0.2) is 0 Å². The van der Waals surface area contributed by atoms with Crippen molar-refractivity contribution < 1.29 is 0 Å². The van der Waals surface area contributed by atoms with Crippen molar-refractivity contribution in [3.05, 3.63) is 35.9 Å². The second-order valence-corrected chi connectivity index (χ2v) is 9.81. The predicted molar refractivity (Wildman–Crippen MR) is 60.7 cm³/mol. The highest BCUT2D eigenvalue weighted by Crippen LogP contribution is 2.42. The lowest BCUT2D eigenvalue weighted by molar-refractivity contribution is 0.823. The Balaban J connectivity index is 2.17. The zero-order valence-corrected chi connectivity index (χ0v) is 9.59. The van der Waals surface area contributed by atoms with Crippen molar-refractivity contribution in [2.24, 2.45) is 0 Å². The second kappa shape index (κ2) is 3.30. The number of hydrogen-bond acceptors (Lipinski definition) is 0. The van der Waals surface area contributed by atoms with Crippen molar-refractivity contribution in [3.8, 4) is 0 Å². The third kappa shape index (κ3) is 1.57. The Kier molecular flexibility index (Phi) is 2.29. The van der Waals surface area contributed by atoms with Crippen LogP contribution in [0, 0.1) is 0 Å². The highest BCUT2D eigenvalue weighted by Gasteiger charge is 2.39. The van der Waals surface area contributed by atoms with Crippen LogP contribution in [0.1, 0.15) is 24.4 Å². The lowest BCUT2D eigenvalue weighted by atomic mass is 10.2. The molecule has 13 heavy (non-hydrogen) atoms. The molecule has 1 aromatic carbocycles. The first kappa shape index (κ1) is 9.01. The van der Waals surface area contributed by atoms with Gasteiger partial charge in [0.05, 0.1) is 8.07 Å². The first-order chi connectivity index (χ1) is 6.22. The third-order valence-electron chi connectivity index (χ3n) is 3.84. The maximum Gasteiger partial charge on any atom is 0.0578 e. The molecule has 0 nitrogen and oxygen atoms in total. The molecule has 0 amide bonds. The number of hydrogen-bond donors (Lipinski definition) is 0. The van der Waals surface area contributed by atoms with Crippen molar-refractivity contribution in [3.63, 3.8) is 0 Å². The smallest absolute Gasteiger partial charge is 0.0578 e. The summed E-state index contributed by atoms with van der Waals surface area (Å²) in [5.41, 5.74) is 2.43. The molecule has 0 radical (unpaired) electrons. The van der Waals surface area contributed by atoms with E-state index in [1.807, 2.05) is 0 Å². The zero-order valence-electron chi connectivity index (χ0n) is 8.59. The molecular weight excluding hydrogens is 172 g/mol. The van der Waals surface area contributed by atoms with Gasteiger partial charge in [0.15, 0.2) is 0 Å². The SMILES string of the molecule is CC(c1ccccc1)[Si]1(C)CCC1. The third-order valence-corrected chi connectivity index (χ3v) is 9.26. The lowest BCUT2D eigenvalue weighted by Crippen LogP contribution is -2.43. The Morgan fingerprint density at radius 2 is 1.77 bits per heavy atom. The summed E-state index contributed by atoms with van der Waals surface area (Å²) in [5.74, 6) is 0. The molecule has 1 heterocycles. The Hall–Kier alpha value is -0.563. The Bertz CT molecular complexity index is 274. The van der Waals surface area contributed by atoms with Gasteiger partial charge in [0.1, 0.15) is 0 Å². The summed E-state index contributed by atoms with van der Waals surface area (Å²) in [5, 5.41) is 0. The molecule has 0 spiro atoms. The predicted octanol–water partition coefficient (Wildman–Crippen LogP) is 3.81. The van der Waals surface area contributed by atoms with E-state index >= 15 is 0 Å². The van der Waals surface area contributed by atoms with Crippen LogP contribution < -0.4 is 0 Å². The second-order valence-electron chi connectivity index (χ2n) is 4.64. The molecule has 0 saturated carbocycles. The summed E-state index contributed by atoms with van der Waals surface area (Å²) in [4.78, 5) is 0. The molecule has 0 N–H and O–H groups in total. The van der Waals surface area contributed by atoms with Gasteiger partial charge in [-0.3, -0.25) is 0 Å². The highest BCUT2D eigenvalue weighted by molar-refractivity contribution is 6.82. The summed E-state index contributed by atoms with van der Waals surface area (Å²) in [6.07, 6.45) is 1.49. The van der Waals surface area contributed by atoms with E-state index < -0.39 is 8.07 Å². The number of benzene rings is 1.